The van der Waals surface area contributed by atoms with Crippen LogP contribution in [0.3, 0.4) is 0 Å². The number of aliphatic hydroxyl groups is 1. The molecular weight excluding hydrogens is 242 g/mol. The summed E-state index contributed by atoms with van der Waals surface area (Å²) in [5, 5.41) is 10.3. The van der Waals surface area contributed by atoms with Gasteiger partial charge in [0, 0.05) is 12.5 Å². The highest BCUT2D eigenvalue weighted by molar-refractivity contribution is 5.44. The summed E-state index contributed by atoms with van der Waals surface area (Å²) in [6.45, 7) is 0.434. The molecule has 1 aromatic rings. The molecule has 4 nitrogen and oxygen atoms in total. The second-order valence-corrected chi connectivity index (χ2v) is 5.20. The van der Waals surface area contributed by atoms with Crippen LogP contribution >= 0.6 is 0 Å². The van der Waals surface area contributed by atoms with Crippen molar-refractivity contribution in [3.8, 4) is 11.5 Å². The molecule has 0 aromatic heterocycles. The maximum atomic E-state index is 10.3. The summed E-state index contributed by atoms with van der Waals surface area (Å²) in [7, 11) is 3.22. The minimum Gasteiger partial charge on any atom is -0.493 e. The van der Waals surface area contributed by atoms with E-state index in [9.17, 15) is 5.11 Å². The van der Waals surface area contributed by atoms with E-state index in [0.717, 1.165) is 12.0 Å². The molecule has 0 heterocycles. The number of nitrogens with two attached hydrogens (primary N) is 1. The maximum absolute atomic E-state index is 10.3. The van der Waals surface area contributed by atoms with Gasteiger partial charge in [0.15, 0.2) is 11.5 Å². The summed E-state index contributed by atoms with van der Waals surface area (Å²) in [5.41, 5.74) is 6.84. The number of benzene rings is 1. The fourth-order valence-corrected chi connectivity index (χ4v) is 2.46. The lowest BCUT2D eigenvalue weighted by atomic mass is 9.90. The van der Waals surface area contributed by atoms with Gasteiger partial charge in [0.1, 0.15) is 0 Å². The van der Waals surface area contributed by atoms with Gasteiger partial charge >= 0.3 is 0 Å². The molecule has 4 heteroatoms. The SMILES string of the molecule is COc1ccc(C(CN)C(O)CC2CC2)cc1OC. The molecule has 3 N–H and O–H groups in total. The average Bonchev–Trinajstić information content (AvgIpc) is 3.23. The van der Waals surface area contributed by atoms with Gasteiger partial charge in [-0.25, -0.2) is 0 Å². The molecule has 1 aromatic carbocycles. The van der Waals surface area contributed by atoms with Crippen molar-refractivity contribution in [2.24, 2.45) is 11.7 Å². The fraction of sp³-hybridized carbons (Fsp3) is 0.600. The first-order valence-corrected chi connectivity index (χ1v) is 6.79. The summed E-state index contributed by atoms with van der Waals surface area (Å²) >= 11 is 0. The van der Waals surface area contributed by atoms with Crippen molar-refractivity contribution in [1.29, 1.82) is 0 Å². The van der Waals surface area contributed by atoms with Crippen LogP contribution in [0.1, 0.15) is 30.7 Å². The Hall–Kier alpha value is -1.26. The summed E-state index contributed by atoms with van der Waals surface area (Å²) in [5.74, 6) is 2.01. The molecule has 106 valence electrons. The van der Waals surface area contributed by atoms with Crippen LogP contribution in [-0.2, 0) is 0 Å². The second-order valence-electron chi connectivity index (χ2n) is 5.20. The van der Waals surface area contributed by atoms with Crippen molar-refractivity contribution in [1.82, 2.24) is 0 Å². The number of ether oxygens (including phenoxy) is 2. The van der Waals surface area contributed by atoms with Crippen LogP contribution in [0.5, 0.6) is 11.5 Å². The first-order chi connectivity index (χ1) is 9.19. The van der Waals surface area contributed by atoms with Crippen molar-refractivity contribution >= 4 is 0 Å². The van der Waals surface area contributed by atoms with Gasteiger partial charge in [-0.1, -0.05) is 18.9 Å². The van der Waals surface area contributed by atoms with Crippen LogP contribution in [0.4, 0.5) is 0 Å². The third kappa shape index (κ3) is 3.39. The molecule has 2 rings (SSSR count). The van der Waals surface area contributed by atoms with E-state index in [-0.39, 0.29) is 12.0 Å². The van der Waals surface area contributed by atoms with E-state index in [4.69, 9.17) is 15.2 Å². The quantitative estimate of drug-likeness (QED) is 0.790. The molecule has 0 bridgehead atoms. The Balaban J connectivity index is 2.16. The summed E-state index contributed by atoms with van der Waals surface area (Å²) in [6.07, 6.45) is 2.94. The highest BCUT2D eigenvalue weighted by atomic mass is 16.5. The molecule has 0 saturated heterocycles. The zero-order valence-corrected chi connectivity index (χ0v) is 11.6. The van der Waals surface area contributed by atoms with Crippen molar-refractivity contribution in [3.05, 3.63) is 23.8 Å². The number of rotatable bonds is 7. The van der Waals surface area contributed by atoms with E-state index in [2.05, 4.69) is 0 Å². The van der Waals surface area contributed by atoms with Gasteiger partial charge in [-0.05, 0) is 30.0 Å². The highest BCUT2D eigenvalue weighted by Gasteiger charge is 2.29. The van der Waals surface area contributed by atoms with Gasteiger partial charge in [-0.15, -0.1) is 0 Å². The third-order valence-electron chi connectivity index (χ3n) is 3.83. The maximum Gasteiger partial charge on any atom is 0.160 e. The van der Waals surface area contributed by atoms with Crippen LogP contribution in [0.15, 0.2) is 18.2 Å². The largest absolute Gasteiger partial charge is 0.493 e. The van der Waals surface area contributed by atoms with Crippen LogP contribution in [0.2, 0.25) is 0 Å². The van der Waals surface area contributed by atoms with Crippen molar-refractivity contribution < 1.29 is 14.6 Å². The van der Waals surface area contributed by atoms with E-state index in [0.29, 0.717) is 24.0 Å². The minimum atomic E-state index is -0.379. The predicted molar refractivity (Wildman–Crippen MR) is 74.7 cm³/mol. The molecule has 1 aliphatic rings. The zero-order valence-electron chi connectivity index (χ0n) is 11.6. The first-order valence-electron chi connectivity index (χ1n) is 6.79. The Kier molecular flexibility index (Phi) is 4.66. The van der Waals surface area contributed by atoms with Crippen LogP contribution in [0.25, 0.3) is 0 Å². The van der Waals surface area contributed by atoms with Crippen molar-refractivity contribution in [2.75, 3.05) is 20.8 Å². The molecule has 0 aliphatic heterocycles. The monoisotopic (exact) mass is 265 g/mol. The lowest BCUT2D eigenvalue weighted by Gasteiger charge is -2.22. The Bertz CT molecular complexity index is 418. The number of methoxy groups -OCH3 is 2. The van der Waals surface area contributed by atoms with Crippen LogP contribution < -0.4 is 15.2 Å². The van der Waals surface area contributed by atoms with Crippen LogP contribution in [-0.4, -0.2) is 32.0 Å². The van der Waals surface area contributed by atoms with Gasteiger partial charge in [-0.2, -0.15) is 0 Å². The molecular formula is C15H23NO3. The van der Waals surface area contributed by atoms with Crippen molar-refractivity contribution in [2.45, 2.75) is 31.3 Å². The lowest BCUT2D eigenvalue weighted by Crippen LogP contribution is -2.26. The smallest absolute Gasteiger partial charge is 0.160 e. The Morgan fingerprint density at radius 1 is 1.26 bits per heavy atom. The van der Waals surface area contributed by atoms with E-state index in [1.54, 1.807) is 14.2 Å². The van der Waals surface area contributed by atoms with E-state index in [1.165, 1.54) is 12.8 Å². The topological polar surface area (TPSA) is 64.7 Å². The molecule has 2 unspecified atom stereocenters. The highest BCUT2D eigenvalue weighted by Crippen LogP contribution is 2.38. The van der Waals surface area contributed by atoms with Crippen LogP contribution in [0, 0.1) is 5.92 Å². The van der Waals surface area contributed by atoms with Gasteiger partial charge in [0.05, 0.1) is 20.3 Å². The molecule has 1 fully saturated rings. The number of hydrogen-bond donors (Lipinski definition) is 2. The summed E-state index contributed by atoms with van der Waals surface area (Å²) < 4.78 is 10.5. The molecule has 0 amide bonds. The van der Waals surface area contributed by atoms with Gasteiger partial charge in [0.25, 0.3) is 0 Å². The van der Waals surface area contributed by atoms with E-state index >= 15 is 0 Å². The fourth-order valence-electron chi connectivity index (χ4n) is 2.46. The third-order valence-corrected chi connectivity index (χ3v) is 3.83. The Labute approximate surface area is 114 Å². The van der Waals surface area contributed by atoms with Gasteiger partial charge in [-0.3, -0.25) is 0 Å². The first kappa shape index (κ1) is 14.2. The molecule has 1 aliphatic carbocycles. The molecule has 2 atom stereocenters. The Morgan fingerprint density at radius 2 is 1.95 bits per heavy atom. The minimum absolute atomic E-state index is 0.0413. The second kappa shape index (κ2) is 6.26. The number of hydrogen-bond acceptors (Lipinski definition) is 4. The summed E-state index contributed by atoms with van der Waals surface area (Å²) in [6, 6.07) is 5.72. The predicted octanol–water partition coefficient (Wildman–Crippen LogP) is 1.91. The molecule has 1 saturated carbocycles. The number of aliphatic hydroxyl groups excluding tert-OH is 1. The summed E-state index contributed by atoms with van der Waals surface area (Å²) in [4.78, 5) is 0. The standard InChI is InChI=1S/C15H23NO3/c1-18-14-6-5-11(8-15(14)19-2)12(9-16)13(17)7-10-3-4-10/h5-6,8,10,12-13,17H,3-4,7,9,16H2,1-2H3. The normalized spacial score (nSPS) is 17.9. The van der Waals surface area contributed by atoms with Crippen molar-refractivity contribution in [3.63, 3.8) is 0 Å². The molecule has 0 spiro atoms. The average molecular weight is 265 g/mol. The molecule has 0 radical (unpaired) electrons. The lowest BCUT2D eigenvalue weighted by molar-refractivity contribution is 0.129. The Morgan fingerprint density at radius 3 is 2.47 bits per heavy atom. The molecule has 19 heavy (non-hydrogen) atoms. The van der Waals surface area contributed by atoms with Gasteiger partial charge < -0.3 is 20.3 Å². The van der Waals surface area contributed by atoms with E-state index in [1.807, 2.05) is 18.2 Å². The zero-order chi connectivity index (χ0) is 13.8. The van der Waals surface area contributed by atoms with E-state index < -0.39 is 0 Å². The van der Waals surface area contributed by atoms with Gasteiger partial charge in [0.2, 0.25) is 0 Å².